The third-order valence-corrected chi connectivity index (χ3v) is 4.93. The Morgan fingerprint density at radius 3 is 2.28 bits per heavy atom. The highest BCUT2D eigenvalue weighted by molar-refractivity contribution is 4.78. The maximum absolute atomic E-state index is 5.78. The third-order valence-electron chi connectivity index (χ3n) is 4.93. The average molecular weight is 254 g/mol. The fourth-order valence-electron chi connectivity index (χ4n) is 3.09. The van der Waals surface area contributed by atoms with E-state index in [1.165, 1.54) is 51.5 Å². The van der Waals surface area contributed by atoms with E-state index in [1.54, 1.807) is 0 Å². The lowest BCUT2D eigenvalue weighted by atomic mass is 9.83. The normalized spacial score (nSPS) is 25.7. The van der Waals surface area contributed by atoms with Crippen molar-refractivity contribution in [3.05, 3.63) is 0 Å². The summed E-state index contributed by atoms with van der Waals surface area (Å²) in [4.78, 5) is 2.60. The summed E-state index contributed by atoms with van der Waals surface area (Å²) < 4.78 is 0. The van der Waals surface area contributed by atoms with Gasteiger partial charge in [-0.2, -0.15) is 0 Å². The highest BCUT2D eigenvalue weighted by Crippen LogP contribution is 2.29. The van der Waals surface area contributed by atoms with Gasteiger partial charge in [0.1, 0.15) is 0 Å². The lowest BCUT2D eigenvalue weighted by molar-refractivity contribution is 0.156. The van der Waals surface area contributed by atoms with Crippen LogP contribution in [0.4, 0.5) is 0 Å². The Morgan fingerprint density at radius 2 is 1.78 bits per heavy atom. The highest BCUT2D eigenvalue weighted by atomic mass is 15.1. The summed E-state index contributed by atoms with van der Waals surface area (Å²) >= 11 is 0. The molecule has 1 rings (SSSR count). The molecule has 0 radical (unpaired) electrons. The molecule has 1 aliphatic rings. The van der Waals surface area contributed by atoms with Gasteiger partial charge in [-0.3, -0.25) is 0 Å². The molecule has 0 unspecified atom stereocenters. The summed E-state index contributed by atoms with van der Waals surface area (Å²) in [6, 6.07) is 0.841. The first kappa shape index (κ1) is 16.0. The minimum atomic E-state index is 0.320. The van der Waals surface area contributed by atoms with Crippen LogP contribution < -0.4 is 5.73 Å². The molecule has 1 aliphatic carbocycles. The van der Waals surface area contributed by atoms with Crippen LogP contribution in [0, 0.1) is 11.3 Å². The van der Waals surface area contributed by atoms with Crippen molar-refractivity contribution in [2.75, 3.05) is 20.1 Å². The molecule has 0 bridgehead atoms. The molecule has 2 nitrogen and oxygen atoms in total. The van der Waals surface area contributed by atoms with Crippen molar-refractivity contribution in [1.29, 1.82) is 0 Å². The summed E-state index contributed by atoms with van der Waals surface area (Å²) in [6.45, 7) is 8.94. The Kier molecular flexibility index (Phi) is 6.65. The van der Waals surface area contributed by atoms with Gasteiger partial charge in [0.2, 0.25) is 0 Å². The standard InChI is InChI=1S/C16H34N2/c1-5-14-7-9-15(10-8-14)18(4)12-6-11-16(2,3)13-17/h14-15H,5-13,17H2,1-4H3. The van der Waals surface area contributed by atoms with E-state index in [2.05, 4.69) is 32.7 Å². The van der Waals surface area contributed by atoms with E-state index < -0.39 is 0 Å². The Balaban J connectivity index is 2.19. The van der Waals surface area contributed by atoms with E-state index in [4.69, 9.17) is 5.73 Å². The van der Waals surface area contributed by atoms with Crippen LogP contribution in [0.25, 0.3) is 0 Å². The second-order valence-corrected chi connectivity index (χ2v) is 7.04. The molecule has 0 aromatic rings. The summed E-state index contributed by atoms with van der Waals surface area (Å²) in [5.41, 5.74) is 6.10. The molecular weight excluding hydrogens is 220 g/mol. The molecule has 108 valence electrons. The minimum Gasteiger partial charge on any atom is -0.330 e. The molecule has 0 amide bonds. The van der Waals surface area contributed by atoms with Crippen LogP contribution in [0.2, 0.25) is 0 Å². The minimum absolute atomic E-state index is 0.320. The van der Waals surface area contributed by atoms with E-state index in [1.807, 2.05) is 0 Å². The second-order valence-electron chi connectivity index (χ2n) is 7.04. The number of hydrogen-bond donors (Lipinski definition) is 1. The van der Waals surface area contributed by atoms with Crippen LogP contribution in [-0.2, 0) is 0 Å². The fourth-order valence-corrected chi connectivity index (χ4v) is 3.09. The van der Waals surface area contributed by atoms with Crippen molar-refractivity contribution in [2.45, 2.75) is 71.8 Å². The van der Waals surface area contributed by atoms with E-state index in [-0.39, 0.29) is 0 Å². The van der Waals surface area contributed by atoms with Crippen LogP contribution in [0.3, 0.4) is 0 Å². The zero-order valence-electron chi connectivity index (χ0n) is 13.0. The highest BCUT2D eigenvalue weighted by Gasteiger charge is 2.23. The van der Waals surface area contributed by atoms with Crippen LogP contribution in [0.1, 0.15) is 65.7 Å². The quantitative estimate of drug-likeness (QED) is 0.751. The smallest absolute Gasteiger partial charge is 0.00924 e. The molecule has 0 atom stereocenters. The zero-order valence-corrected chi connectivity index (χ0v) is 13.0. The van der Waals surface area contributed by atoms with Gasteiger partial charge < -0.3 is 10.6 Å². The predicted molar refractivity (Wildman–Crippen MR) is 80.7 cm³/mol. The Morgan fingerprint density at radius 1 is 1.17 bits per heavy atom. The molecule has 2 heteroatoms. The third kappa shape index (κ3) is 5.27. The molecule has 0 aromatic carbocycles. The molecule has 2 N–H and O–H groups in total. The summed E-state index contributed by atoms with van der Waals surface area (Å²) in [5, 5.41) is 0. The van der Waals surface area contributed by atoms with Gasteiger partial charge in [0.25, 0.3) is 0 Å². The van der Waals surface area contributed by atoms with Gasteiger partial charge in [-0.1, -0.05) is 27.2 Å². The van der Waals surface area contributed by atoms with Crippen LogP contribution >= 0.6 is 0 Å². The first-order valence-electron chi connectivity index (χ1n) is 7.89. The summed E-state index contributed by atoms with van der Waals surface area (Å²) in [7, 11) is 2.31. The van der Waals surface area contributed by atoms with Gasteiger partial charge >= 0.3 is 0 Å². The first-order chi connectivity index (χ1) is 8.48. The van der Waals surface area contributed by atoms with Crippen LogP contribution in [-0.4, -0.2) is 31.1 Å². The topological polar surface area (TPSA) is 29.3 Å². The van der Waals surface area contributed by atoms with Crippen molar-refractivity contribution in [1.82, 2.24) is 4.90 Å². The van der Waals surface area contributed by atoms with Crippen molar-refractivity contribution in [2.24, 2.45) is 17.1 Å². The average Bonchev–Trinajstić information content (AvgIpc) is 2.38. The van der Waals surface area contributed by atoms with Crippen LogP contribution in [0.15, 0.2) is 0 Å². The SMILES string of the molecule is CCC1CCC(N(C)CCCC(C)(C)CN)CC1. The Hall–Kier alpha value is -0.0800. The molecule has 0 aliphatic heterocycles. The van der Waals surface area contributed by atoms with E-state index in [0.717, 1.165) is 18.5 Å². The number of hydrogen-bond acceptors (Lipinski definition) is 2. The van der Waals surface area contributed by atoms with E-state index >= 15 is 0 Å². The molecule has 0 heterocycles. The molecule has 18 heavy (non-hydrogen) atoms. The van der Waals surface area contributed by atoms with Crippen molar-refractivity contribution < 1.29 is 0 Å². The molecule has 0 spiro atoms. The maximum Gasteiger partial charge on any atom is 0.00924 e. The van der Waals surface area contributed by atoms with Crippen molar-refractivity contribution in [3.8, 4) is 0 Å². The van der Waals surface area contributed by atoms with Gasteiger partial charge in [0.05, 0.1) is 0 Å². The summed E-state index contributed by atoms with van der Waals surface area (Å²) in [6.07, 6.45) is 9.62. The molecule has 1 saturated carbocycles. The summed E-state index contributed by atoms with van der Waals surface area (Å²) in [5.74, 6) is 1.01. The molecular formula is C16H34N2. The largest absolute Gasteiger partial charge is 0.330 e. The number of nitrogens with zero attached hydrogens (tertiary/aromatic N) is 1. The van der Waals surface area contributed by atoms with E-state index in [0.29, 0.717) is 5.41 Å². The Labute approximate surface area is 114 Å². The Bertz CT molecular complexity index is 217. The maximum atomic E-state index is 5.78. The van der Waals surface area contributed by atoms with E-state index in [9.17, 15) is 0 Å². The van der Waals surface area contributed by atoms with Gasteiger partial charge in [-0.05, 0) is 70.0 Å². The molecule has 0 aromatic heterocycles. The van der Waals surface area contributed by atoms with Gasteiger partial charge in [-0.15, -0.1) is 0 Å². The monoisotopic (exact) mass is 254 g/mol. The number of rotatable bonds is 7. The van der Waals surface area contributed by atoms with Crippen molar-refractivity contribution in [3.63, 3.8) is 0 Å². The molecule has 1 fully saturated rings. The zero-order chi connectivity index (χ0) is 13.6. The number of nitrogens with two attached hydrogens (primary N) is 1. The van der Waals surface area contributed by atoms with Crippen LogP contribution in [0.5, 0.6) is 0 Å². The van der Waals surface area contributed by atoms with Gasteiger partial charge in [0, 0.05) is 6.04 Å². The van der Waals surface area contributed by atoms with Crippen molar-refractivity contribution >= 4 is 0 Å². The second kappa shape index (κ2) is 7.49. The predicted octanol–water partition coefficient (Wildman–Crippen LogP) is 3.65. The lowest BCUT2D eigenvalue weighted by Crippen LogP contribution is -2.36. The first-order valence-corrected chi connectivity index (χ1v) is 7.89. The van der Waals surface area contributed by atoms with Gasteiger partial charge in [-0.25, -0.2) is 0 Å². The molecule has 0 saturated heterocycles. The lowest BCUT2D eigenvalue weighted by Gasteiger charge is -2.35. The fraction of sp³-hybridized carbons (Fsp3) is 1.00. The van der Waals surface area contributed by atoms with Gasteiger partial charge in [0.15, 0.2) is 0 Å².